The van der Waals surface area contributed by atoms with Crippen molar-refractivity contribution in [1.82, 2.24) is 4.57 Å². The van der Waals surface area contributed by atoms with Gasteiger partial charge in [0.2, 0.25) is 0 Å². The minimum atomic E-state index is 0.693. The molecule has 0 fully saturated rings. The molecule has 2 nitrogen and oxygen atoms in total. The molecule has 0 aliphatic heterocycles. The van der Waals surface area contributed by atoms with Gasteiger partial charge in [0, 0.05) is 34.7 Å². The van der Waals surface area contributed by atoms with Gasteiger partial charge in [-0.15, -0.1) is 0 Å². The fourth-order valence-electron chi connectivity index (χ4n) is 2.99. The Bertz CT molecular complexity index is 557. The lowest BCUT2D eigenvalue weighted by molar-refractivity contribution is 0.617. The first kappa shape index (κ1) is 11.1. The number of nitrogens with zero attached hydrogens (tertiary/aromatic N) is 1. The predicted molar refractivity (Wildman–Crippen MR) is 72.6 cm³/mol. The zero-order valence-corrected chi connectivity index (χ0v) is 10.6. The van der Waals surface area contributed by atoms with Crippen molar-refractivity contribution < 1.29 is 0 Å². The molecular formula is C14H17ClN2. The van der Waals surface area contributed by atoms with Crippen molar-refractivity contribution in [3.63, 3.8) is 0 Å². The Morgan fingerprint density at radius 2 is 2.06 bits per heavy atom. The van der Waals surface area contributed by atoms with E-state index in [2.05, 4.69) is 16.7 Å². The molecule has 0 spiro atoms. The summed E-state index contributed by atoms with van der Waals surface area (Å²) in [4.78, 5) is 0. The lowest BCUT2D eigenvalue weighted by Crippen LogP contribution is -2.14. The van der Waals surface area contributed by atoms with Crippen LogP contribution in [-0.4, -0.2) is 11.1 Å². The lowest BCUT2D eigenvalue weighted by atomic mass is 9.95. The Hall–Kier alpha value is -0.990. The summed E-state index contributed by atoms with van der Waals surface area (Å²) in [6.45, 7) is 1.60. The van der Waals surface area contributed by atoms with Crippen LogP contribution in [0.2, 0.25) is 5.02 Å². The zero-order chi connectivity index (χ0) is 11.8. The topological polar surface area (TPSA) is 30.9 Å². The number of aromatic nitrogens is 1. The van der Waals surface area contributed by atoms with Crippen LogP contribution in [0.1, 0.15) is 24.1 Å². The standard InChI is InChI=1S/C14H17ClN2/c15-10-5-6-14-12(9-10)11-3-1-2-4-13(11)17(14)8-7-16/h5-6,9H,1-4,7-8,16H2. The Morgan fingerprint density at radius 1 is 1.24 bits per heavy atom. The molecule has 1 aromatic heterocycles. The zero-order valence-electron chi connectivity index (χ0n) is 9.88. The van der Waals surface area contributed by atoms with Crippen LogP contribution in [0.4, 0.5) is 0 Å². The summed E-state index contributed by atoms with van der Waals surface area (Å²) in [5.41, 5.74) is 10.0. The summed E-state index contributed by atoms with van der Waals surface area (Å²) in [6.07, 6.45) is 4.95. The van der Waals surface area contributed by atoms with Crippen molar-refractivity contribution in [1.29, 1.82) is 0 Å². The molecule has 1 heterocycles. The van der Waals surface area contributed by atoms with E-state index >= 15 is 0 Å². The Balaban J connectivity index is 2.29. The van der Waals surface area contributed by atoms with E-state index in [9.17, 15) is 0 Å². The van der Waals surface area contributed by atoms with Crippen LogP contribution in [0.15, 0.2) is 18.2 Å². The first-order chi connectivity index (χ1) is 8.31. The summed E-state index contributed by atoms with van der Waals surface area (Å²) in [5.74, 6) is 0. The molecule has 1 aromatic carbocycles. The SMILES string of the molecule is NCCn1c2c(c3cc(Cl)ccc31)CCCC2. The van der Waals surface area contributed by atoms with Gasteiger partial charge in [0.25, 0.3) is 0 Å². The number of halogens is 1. The molecule has 1 aliphatic rings. The molecule has 0 atom stereocenters. The Kier molecular flexibility index (Phi) is 2.85. The number of hydrogen-bond acceptors (Lipinski definition) is 1. The molecule has 0 saturated carbocycles. The maximum atomic E-state index is 6.11. The fourth-order valence-corrected chi connectivity index (χ4v) is 3.16. The third-order valence-corrected chi connectivity index (χ3v) is 3.93. The van der Waals surface area contributed by atoms with E-state index in [-0.39, 0.29) is 0 Å². The highest BCUT2D eigenvalue weighted by atomic mass is 35.5. The van der Waals surface area contributed by atoms with E-state index in [4.69, 9.17) is 17.3 Å². The van der Waals surface area contributed by atoms with E-state index in [0.717, 1.165) is 11.6 Å². The van der Waals surface area contributed by atoms with Crippen molar-refractivity contribution >= 4 is 22.5 Å². The molecule has 3 heteroatoms. The van der Waals surface area contributed by atoms with E-state index in [0.29, 0.717) is 6.54 Å². The van der Waals surface area contributed by atoms with Crippen LogP contribution < -0.4 is 5.73 Å². The third-order valence-electron chi connectivity index (χ3n) is 3.69. The van der Waals surface area contributed by atoms with Crippen molar-refractivity contribution in [2.75, 3.05) is 6.54 Å². The quantitative estimate of drug-likeness (QED) is 0.870. The summed E-state index contributed by atoms with van der Waals surface area (Å²) < 4.78 is 2.39. The van der Waals surface area contributed by atoms with Crippen molar-refractivity contribution in [3.8, 4) is 0 Å². The second-order valence-electron chi connectivity index (χ2n) is 4.73. The number of hydrogen-bond donors (Lipinski definition) is 1. The molecule has 0 amide bonds. The second-order valence-corrected chi connectivity index (χ2v) is 5.17. The van der Waals surface area contributed by atoms with Crippen LogP contribution in [0.3, 0.4) is 0 Å². The highest BCUT2D eigenvalue weighted by Gasteiger charge is 2.19. The van der Waals surface area contributed by atoms with Gasteiger partial charge in [0.1, 0.15) is 0 Å². The van der Waals surface area contributed by atoms with Crippen molar-refractivity contribution in [2.45, 2.75) is 32.2 Å². The minimum Gasteiger partial charge on any atom is -0.343 e. The molecule has 0 bridgehead atoms. The summed E-state index contributed by atoms with van der Waals surface area (Å²) in [6, 6.07) is 6.21. The average Bonchev–Trinajstić information content (AvgIpc) is 2.65. The first-order valence-corrected chi connectivity index (χ1v) is 6.68. The summed E-state index contributed by atoms with van der Waals surface area (Å²) in [7, 11) is 0. The van der Waals surface area contributed by atoms with Crippen molar-refractivity contribution in [3.05, 3.63) is 34.5 Å². The van der Waals surface area contributed by atoms with Crippen LogP contribution in [-0.2, 0) is 19.4 Å². The summed E-state index contributed by atoms with van der Waals surface area (Å²) >= 11 is 6.11. The van der Waals surface area contributed by atoms with Gasteiger partial charge in [-0.25, -0.2) is 0 Å². The van der Waals surface area contributed by atoms with E-state index in [1.165, 1.54) is 47.8 Å². The minimum absolute atomic E-state index is 0.693. The molecule has 17 heavy (non-hydrogen) atoms. The van der Waals surface area contributed by atoms with Gasteiger partial charge in [0.05, 0.1) is 0 Å². The Labute approximate surface area is 106 Å². The molecule has 0 radical (unpaired) electrons. The van der Waals surface area contributed by atoms with Crippen LogP contribution >= 0.6 is 11.6 Å². The van der Waals surface area contributed by atoms with Gasteiger partial charge in [-0.1, -0.05) is 11.6 Å². The first-order valence-electron chi connectivity index (χ1n) is 6.31. The number of benzene rings is 1. The van der Waals surface area contributed by atoms with E-state index in [1.807, 2.05) is 6.07 Å². The van der Waals surface area contributed by atoms with Crippen molar-refractivity contribution in [2.24, 2.45) is 5.73 Å². The van der Waals surface area contributed by atoms with Gasteiger partial charge >= 0.3 is 0 Å². The second kappa shape index (κ2) is 4.35. The maximum Gasteiger partial charge on any atom is 0.0486 e. The molecule has 0 unspecified atom stereocenters. The van der Waals surface area contributed by atoms with Crippen LogP contribution in [0.25, 0.3) is 10.9 Å². The molecule has 1 aliphatic carbocycles. The number of aryl methyl sites for hydroxylation is 1. The smallest absolute Gasteiger partial charge is 0.0486 e. The molecule has 90 valence electrons. The van der Waals surface area contributed by atoms with E-state index < -0.39 is 0 Å². The maximum absolute atomic E-state index is 6.11. The van der Waals surface area contributed by atoms with E-state index in [1.54, 1.807) is 0 Å². The number of nitrogens with two attached hydrogens (primary N) is 1. The lowest BCUT2D eigenvalue weighted by Gasteiger charge is -2.15. The van der Waals surface area contributed by atoms with Crippen LogP contribution in [0.5, 0.6) is 0 Å². The number of fused-ring (bicyclic) bond motifs is 3. The van der Waals surface area contributed by atoms with Crippen LogP contribution in [0, 0.1) is 0 Å². The molecular weight excluding hydrogens is 232 g/mol. The monoisotopic (exact) mass is 248 g/mol. The van der Waals surface area contributed by atoms with Gasteiger partial charge < -0.3 is 10.3 Å². The normalized spacial score (nSPS) is 15.2. The molecule has 0 saturated heterocycles. The van der Waals surface area contributed by atoms with Gasteiger partial charge in [0.15, 0.2) is 0 Å². The average molecular weight is 249 g/mol. The van der Waals surface area contributed by atoms with Gasteiger partial charge in [-0.2, -0.15) is 0 Å². The molecule has 2 aromatic rings. The van der Waals surface area contributed by atoms with Gasteiger partial charge in [-0.05, 0) is 49.4 Å². The highest BCUT2D eigenvalue weighted by Crippen LogP contribution is 2.33. The van der Waals surface area contributed by atoms with Gasteiger partial charge in [-0.3, -0.25) is 0 Å². The third kappa shape index (κ3) is 1.76. The predicted octanol–water partition coefficient (Wildman–Crippen LogP) is 3.13. The Morgan fingerprint density at radius 3 is 2.88 bits per heavy atom. The fraction of sp³-hybridized carbons (Fsp3) is 0.429. The molecule has 2 N–H and O–H groups in total. The number of rotatable bonds is 2. The molecule has 3 rings (SSSR count). The summed E-state index contributed by atoms with van der Waals surface area (Å²) in [5, 5.41) is 2.16. The largest absolute Gasteiger partial charge is 0.343 e. The highest BCUT2D eigenvalue weighted by molar-refractivity contribution is 6.31.